The van der Waals surface area contributed by atoms with E-state index in [-0.39, 0.29) is 6.61 Å². The quantitative estimate of drug-likeness (QED) is 0.649. The highest BCUT2D eigenvalue weighted by Crippen LogP contribution is 2.28. The average molecular weight is 325 g/mol. The molecule has 21 heavy (non-hydrogen) atoms. The Hall–Kier alpha value is -1.29. The minimum atomic E-state index is 0.161. The maximum Gasteiger partial charge on any atom is 0.0656 e. The zero-order chi connectivity index (χ0) is 15.4. The molecule has 0 aliphatic carbocycles. The monoisotopic (exact) mass is 324 g/mol. The maximum atomic E-state index is 8.77. The highest BCUT2D eigenvalue weighted by Gasteiger charge is 2.12. The molecule has 1 aromatic carbocycles. The van der Waals surface area contributed by atoms with E-state index in [2.05, 4.69) is 15.6 Å². The van der Waals surface area contributed by atoms with E-state index < -0.39 is 0 Å². The average Bonchev–Trinajstić information content (AvgIpc) is 2.73. The van der Waals surface area contributed by atoms with E-state index in [0.29, 0.717) is 23.0 Å². The van der Waals surface area contributed by atoms with Crippen LogP contribution in [0, 0.1) is 13.8 Å². The number of aliphatic imine (C=N–C) groups is 1. The number of aliphatic hydroxyl groups excluding tert-OH is 1. The Bertz CT molecular complexity index is 663. The second kappa shape index (κ2) is 7.12. The summed E-state index contributed by atoms with van der Waals surface area (Å²) < 4.78 is 2.07. The van der Waals surface area contributed by atoms with Crippen LogP contribution >= 0.6 is 23.2 Å². The first-order chi connectivity index (χ1) is 10.0. The molecule has 0 unspecified atom stereocenters. The number of aliphatic hydroxyl groups is 1. The van der Waals surface area contributed by atoms with E-state index in [4.69, 9.17) is 28.3 Å². The molecule has 0 aliphatic heterocycles. The summed E-state index contributed by atoms with van der Waals surface area (Å²) in [6.45, 7) is 4.83. The summed E-state index contributed by atoms with van der Waals surface area (Å²) in [4.78, 5) is 4.32. The predicted octanol–water partition coefficient (Wildman–Crippen LogP) is 4.20. The van der Waals surface area contributed by atoms with Crippen molar-refractivity contribution in [1.29, 1.82) is 0 Å². The van der Waals surface area contributed by atoms with Gasteiger partial charge in [-0.3, -0.25) is 4.99 Å². The molecule has 0 aliphatic rings. The van der Waals surface area contributed by atoms with Gasteiger partial charge in [-0.15, -0.1) is 0 Å². The number of rotatable bonds is 5. The van der Waals surface area contributed by atoms with Crippen LogP contribution < -0.4 is 0 Å². The van der Waals surface area contributed by atoms with E-state index in [0.717, 1.165) is 22.6 Å². The van der Waals surface area contributed by atoms with Crippen molar-refractivity contribution in [3.63, 3.8) is 0 Å². The molecule has 1 N–H and O–H groups in total. The van der Waals surface area contributed by atoms with Crippen LogP contribution in [0.15, 0.2) is 29.3 Å². The Morgan fingerprint density at radius 1 is 1.24 bits per heavy atom. The fourth-order valence-electron chi connectivity index (χ4n) is 2.27. The van der Waals surface area contributed by atoms with Crippen molar-refractivity contribution in [2.75, 3.05) is 13.2 Å². The molecule has 0 saturated heterocycles. The van der Waals surface area contributed by atoms with Crippen LogP contribution in [-0.4, -0.2) is 29.0 Å². The molecule has 112 valence electrons. The Balaban J connectivity index is 2.39. The number of benzene rings is 1. The van der Waals surface area contributed by atoms with E-state index >= 15 is 0 Å². The van der Waals surface area contributed by atoms with E-state index in [1.54, 1.807) is 12.1 Å². The second-order valence-corrected chi connectivity index (χ2v) is 5.71. The lowest BCUT2D eigenvalue weighted by atomic mass is 10.2. The van der Waals surface area contributed by atoms with Gasteiger partial charge in [0.05, 0.1) is 10.7 Å². The van der Waals surface area contributed by atoms with Crippen molar-refractivity contribution < 1.29 is 5.11 Å². The lowest BCUT2D eigenvalue weighted by molar-refractivity contribution is 0.291. The van der Waals surface area contributed by atoms with Gasteiger partial charge in [0.25, 0.3) is 0 Å². The van der Waals surface area contributed by atoms with Crippen LogP contribution in [0.4, 0.5) is 0 Å². The van der Waals surface area contributed by atoms with Gasteiger partial charge in [0, 0.05) is 41.3 Å². The maximum absolute atomic E-state index is 8.77. The molecule has 0 bridgehead atoms. The minimum absolute atomic E-state index is 0.161. The van der Waals surface area contributed by atoms with Crippen molar-refractivity contribution in [1.82, 2.24) is 4.57 Å². The third-order valence-corrected chi connectivity index (χ3v) is 3.85. The third kappa shape index (κ3) is 3.67. The van der Waals surface area contributed by atoms with Crippen molar-refractivity contribution in [3.05, 3.63) is 51.3 Å². The van der Waals surface area contributed by atoms with E-state index in [9.17, 15) is 0 Å². The van der Waals surface area contributed by atoms with Crippen LogP contribution in [0.5, 0.6) is 0 Å². The molecular weight excluding hydrogens is 307 g/mol. The number of nitrogens with zero attached hydrogens (tertiary/aromatic N) is 2. The first-order valence-electron chi connectivity index (χ1n) is 6.79. The summed E-state index contributed by atoms with van der Waals surface area (Å²) >= 11 is 12.4. The molecule has 0 fully saturated rings. The second-order valence-electron chi connectivity index (χ2n) is 4.87. The molecule has 1 aromatic heterocycles. The van der Waals surface area contributed by atoms with Crippen molar-refractivity contribution in [2.45, 2.75) is 20.3 Å². The highest BCUT2D eigenvalue weighted by molar-refractivity contribution is 6.34. The van der Waals surface area contributed by atoms with Gasteiger partial charge in [-0.1, -0.05) is 23.2 Å². The molecule has 3 nitrogen and oxygen atoms in total. The molecule has 5 heteroatoms. The largest absolute Gasteiger partial charge is 0.396 e. The van der Waals surface area contributed by atoms with Gasteiger partial charge in [0.15, 0.2) is 0 Å². The Labute approximate surface area is 134 Å². The zero-order valence-corrected chi connectivity index (χ0v) is 13.6. The van der Waals surface area contributed by atoms with Crippen LogP contribution in [0.1, 0.15) is 23.4 Å². The first kappa shape index (κ1) is 16.1. The van der Waals surface area contributed by atoms with Gasteiger partial charge < -0.3 is 9.67 Å². The number of halogens is 2. The lowest BCUT2D eigenvalue weighted by Crippen LogP contribution is -2.00. The van der Waals surface area contributed by atoms with Crippen molar-refractivity contribution >= 4 is 29.4 Å². The van der Waals surface area contributed by atoms with E-state index in [1.165, 1.54) is 0 Å². The van der Waals surface area contributed by atoms with Crippen molar-refractivity contribution in [3.8, 4) is 5.69 Å². The number of hydrogen-bond donors (Lipinski definition) is 1. The summed E-state index contributed by atoms with van der Waals surface area (Å²) in [5.74, 6) is 0. The number of aromatic nitrogens is 1. The van der Waals surface area contributed by atoms with Crippen molar-refractivity contribution in [2.24, 2.45) is 4.99 Å². The summed E-state index contributed by atoms with van der Waals surface area (Å²) in [6, 6.07) is 7.50. The molecule has 0 spiro atoms. The Kier molecular flexibility index (Phi) is 5.45. The standard InChI is InChI=1S/C16H18Cl2N2O/c1-11-8-13(10-19-6-3-7-21)12(2)20(11)16-9-14(17)4-5-15(16)18/h4-5,8-10,21H,3,6-7H2,1-2H3. The van der Waals surface area contributed by atoms with Gasteiger partial charge >= 0.3 is 0 Å². The summed E-state index contributed by atoms with van der Waals surface area (Å²) in [7, 11) is 0. The zero-order valence-electron chi connectivity index (χ0n) is 12.1. The van der Waals surface area contributed by atoms with Gasteiger partial charge in [-0.25, -0.2) is 0 Å². The molecule has 0 saturated carbocycles. The molecule has 0 amide bonds. The Morgan fingerprint density at radius 3 is 2.71 bits per heavy atom. The molecule has 1 heterocycles. The summed E-state index contributed by atoms with van der Waals surface area (Å²) in [5, 5.41) is 10.1. The smallest absolute Gasteiger partial charge is 0.0656 e. The van der Waals surface area contributed by atoms with Gasteiger partial charge in [0.2, 0.25) is 0 Å². The van der Waals surface area contributed by atoms with Gasteiger partial charge in [-0.2, -0.15) is 0 Å². The van der Waals surface area contributed by atoms with E-state index in [1.807, 2.05) is 26.1 Å². The van der Waals surface area contributed by atoms with Crippen LogP contribution in [-0.2, 0) is 0 Å². The topological polar surface area (TPSA) is 37.5 Å². The molecular formula is C16H18Cl2N2O. The Morgan fingerprint density at radius 2 is 2.00 bits per heavy atom. The SMILES string of the molecule is Cc1cc(C=NCCCO)c(C)n1-c1cc(Cl)ccc1Cl. The number of aryl methyl sites for hydroxylation is 1. The number of hydrogen-bond acceptors (Lipinski definition) is 2. The summed E-state index contributed by atoms with van der Waals surface area (Å²) in [5.41, 5.74) is 4.04. The normalized spacial score (nSPS) is 11.5. The molecule has 2 aromatic rings. The van der Waals surface area contributed by atoms with Gasteiger partial charge in [-0.05, 0) is 44.5 Å². The fourth-order valence-corrected chi connectivity index (χ4v) is 2.64. The fraction of sp³-hybridized carbons (Fsp3) is 0.312. The first-order valence-corrected chi connectivity index (χ1v) is 7.55. The molecule has 2 rings (SSSR count). The van der Waals surface area contributed by atoms with Gasteiger partial charge in [0.1, 0.15) is 0 Å². The highest BCUT2D eigenvalue weighted by atomic mass is 35.5. The van der Waals surface area contributed by atoms with Crippen LogP contribution in [0.25, 0.3) is 5.69 Å². The molecule has 0 atom stereocenters. The molecule has 0 radical (unpaired) electrons. The summed E-state index contributed by atoms with van der Waals surface area (Å²) in [6.07, 6.45) is 2.52. The van der Waals surface area contributed by atoms with Crippen LogP contribution in [0.2, 0.25) is 10.0 Å². The third-order valence-electron chi connectivity index (χ3n) is 3.30. The van der Waals surface area contributed by atoms with Crippen LogP contribution in [0.3, 0.4) is 0 Å². The predicted molar refractivity (Wildman–Crippen MR) is 89.4 cm³/mol. The minimum Gasteiger partial charge on any atom is -0.396 e. The lowest BCUT2D eigenvalue weighted by Gasteiger charge is -2.12.